The summed E-state index contributed by atoms with van der Waals surface area (Å²) in [6, 6.07) is 9.62. The van der Waals surface area contributed by atoms with Gasteiger partial charge in [-0.05, 0) is 55.0 Å². The Bertz CT molecular complexity index is 1290. The normalized spacial score (nSPS) is 17.5. The van der Waals surface area contributed by atoms with Gasteiger partial charge < -0.3 is 15.4 Å². The molecule has 0 saturated carbocycles. The number of nitrogens with zero attached hydrogens (tertiary/aromatic N) is 3. The molecular formula is C23H19F3N6O4. The van der Waals surface area contributed by atoms with Gasteiger partial charge in [-0.25, -0.2) is 19.5 Å². The number of rotatable bonds is 6. The van der Waals surface area contributed by atoms with E-state index in [0.717, 1.165) is 17.0 Å². The zero-order valence-electron chi connectivity index (χ0n) is 18.7. The highest BCUT2D eigenvalue weighted by Crippen LogP contribution is 2.31. The van der Waals surface area contributed by atoms with Crippen LogP contribution in [-0.4, -0.2) is 39.8 Å². The van der Waals surface area contributed by atoms with Crippen LogP contribution in [0, 0.1) is 0 Å². The third kappa shape index (κ3) is 5.51. The van der Waals surface area contributed by atoms with Gasteiger partial charge in [0.15, 0.2) is 0 Å². The van der Waals surface area contributed by atoms with E-state index in [2.05, 4.69) is 30.7 Å². The fraction of sp³-hybridized carbons (Fsp3) is 0.174. The number of carbonyl (C=O) groups is 3. The Morgan fingerprint density at radius 3 is 2.50 bits per heavy atom. The van der Waals surface area contributed by atoms with Gasteiger partial charge in [-0.1, -0.05) is 6.07 Å². The van der Waals surface area contributed by atoms with Gasteiger partial charge in [0.25, 0.3) is 5.91 Å². The number of alkyl halides is 3. The van der Waals surface area contributed by atoms with Crippen LogP contribution in [0.1, 0.15) is 12.5 Å². The zero-order valence-corrected chi connectivity index (χ0v) is 18.7. The molecule has 3 N–H and O–H groups in total. The third-order valence-electron chi connectivity index (χ3n) is 5.20. The SMILES string of the molecule is CC1(Cc2ccncc2NC(=O)Nc2ccccn2)NC(=O)N(c2ccc(OC(F)(F)F)cc2)C1=O. The van der Waals surface area contributed by atoms with E-state index in [-0.39, 0.29) is 12.1 Å². The predicted octanol–water partition coefficient (Wildman–Crippen LogP) is 4.08. The predicted molar refractivity (Wildman–Crippen MR) is 122 cm³/mol. The van der Waals surface area contributed by atoms with Crippen LogP contribution in [0.5, 0.6) is 5.75 Å². The average molecular weight is 500 g/mol. The number of aromatic nitrogens is 2. The van der Waals surface area contributed by atoms with Crippen molar-refractivity contribution in [1.29, 1.82) is 0 Å². The highest BCUT2D eigenvalue weighted by Gasteiger charge is 2.48. The lowest BCUT2D eigenvalue weighted by Gasteiger charge is -2.23. The molecule has 4 rings (SSSR count). The molecule has 3 aromatic rings. The number of benzene rings is 1. The minimum absolute atomic E-state index is 0.00887. The summed E-state index contributed by atoms with van der Waals surface area (Å²) in [6.45, 7) is 1.51. The Balaban J connectivity index is 1.49. The van der Waals surface area contributed by atoms with Crippen molar-refractivity contribution in [3.05, 3.63) is 72.7 Å². The van der Waals surface area contributed by atoms with Crippen molar-refractivity contribution in [2.24, 2.45) is 0 Å². The van der Waals surface area contributed by atoms with Crippen molar-refractivity contribution in [1.82, 2.24) is 15.3 Å². The lowest BCUT2D eigenvalue weighted by Crippen LogP contribution is -2.46. The molecule has 1 aromatic carbocycles. The van der Waals surface area contributed by atoms with E-state index >= 15 is 0 Å². The van der Waals surface area contributed by atoms with Crippen LogP contribution in [0.4, 0.5) is 40.0 Å². The van der Waals surface area contributed by atoms with Gasteiger partial charge in [-0.15, -0.1) is 13.2 Å². The fourth-order valence-corrected chi connectivity index (χ4v) is 3.61. The van der Waals surface area contributed by atoms with Gasteiger partial charge in [0.2, 0.25) is 0 Å². The minimum atomic E-state index is -4.87. The number of hydrogen-bond donors (Lipinski definition) is 3. The molecule has 1 fully saturated rings. The second kappa shape index (κ2) is 9.52. The molecule has 0 aliphatic carbocycles. The fourth-order valence-electron chi connectivity index (χ4n) is 3.61. The van der Waals surface area contributed by atoms with Gasteiger partial charge in [-0.2, -0.15) is 0 Å². The highest BCUT2D eigenvalue weighted by molar-refractivity contribution is 6.23. The second-order valence-corrected chi connectivity index (χ2v) is 7.95. The van der Waals surface area contributed by atoms with Gasteiger partial charge in [0, 0.05) is 18.8 Å². The number of carbonyl (C=O) groups excluding carboxylic acids is 3. The largest absolute Gasteiger partial charge is 0.573 e. The van der Waals surface area contributed by atoms with E-state index in [1.165, 1.54) is 37.6 Å². The summed E-state index contributed by atoms with van der Waals surface area (Å²) in [7, 11) is 0. The van der Waals surface area contributed by atoms with Crippen LogP contribution in [0.3, 0.4) is 0 Å². The molecule has 186 valence electrons. The summed E-state index contributed by atoms with van der Waals surface area (Å²) in [5, 5.41) is 7.84. The molecular weight excluding hydrogens is 481 g/mol. The Hall–Kier alpha value is -4.68. The standard InChI is InChI=1S/C23H19F3N6O4/c1-22(12-14-9-11-27-13-17(14)29-20(34)30-18-4-2-3-10-28-18)19(33)32(21(35)31-22)15-5-7-16(8-6-15)36-23(24,25)26/h2-11,13H,12H2,1H3,(H,31,35)(H2,28,29,30,34). The third-order valence-corrected chi connectivity index (χ3v) is 5.20. The summed E-state index contributed by atoms with van der Waals surface area (Å²) in [6.07, 6.45) is -0.492. The monoisotopic (exact) mass is 500 g/mol. The molecule has 1 saturated heterocycles. The Morgan fingerprint density at radius 1 is 1.08 bits per heavy atom. The topological polar surface area (TPSA) is 126 Å². The van der Waals surface area contributed by atoms with Gasteiger partial charge in [0.05, 0.1) is 17.6 Å². The first-order valence-electron chi connectivity index (χ1n) is 10.5. The lowest BCUT2D eigenvalue weighted by molar-refractivity contribution is -0.274. The summed E-state index contributed by atoms with van der Waals surface area (Å²) in [4.78, 5) is 47.1. The number of halogens is 3. The van der Waals surface area contributed by atoms with Crippen LogP contribution >= 0.6 is 0 Å². The van der Waals surface area contributed by atoms with Crippen molar-refractivity contribution in [2.75, 3.05) is 15.5 Å². The molecule has 0 bridgehead atoms. The Morgan fingerprint density at radius 2 is 1.83 bits per heavy atom. The number of urea groups is 2. The molecule has 5 amide bonds. The van der Waals surface area contributed by atoms with Crippen molar-refractivity contribution >= 4 is 35.2 Å². The number of amides is 5. The van der Waals surface area contributed by atoms with E-state index in [4.69, 9.17) is 0 Å². The van der Waals surface area contributed by atoms with Crippen molar-refractivity contribution in [2.45, 2.75) is 25.2 Å². The van der Waals surface area contributed by atoms with E-state index < -0.39 is 35.6 Å². The molecule has 13 heteroatoms. The van der Waals surface area contributed by atoms with Crippen molar-refractivity contribution < 1.29 is 32.3 Å². The molecule has 1 atom stereocenters. The molecule has 0 radical (unpaired) electrons. The number of anilines is 3. The van der Waals surface area contributed by atoms with Gasteiger partial charge >= 0.3 is 18.4 Å². The number of nitrogens with one attached hydrogen (secondary N) is 3. The summed E-state index contributed by atoms with van der Waals surface area (Å²) >= 11 is 0. The summed E-state index contributed by atoms with van der Waals surface area (Å²) in [5.74, 6) is -0.789. The number of ether oxygens (including phenoxy) is 1. The average Bonchev–Trinajstić information content (AvgIpc) is 3.03. The lowest BCUT2D eigenvalue weighted by atomic mass is 9.92. The smallest absolute Gasteiger partial charge is 0.406 e. The Labute approximate surface area is 202 Å². The van der Waals surface area contributed by atoms with Gasteiger partial charge in [0.1, 0.15) is 17.1 Å². The van der Waals surface area contributed by atoms with E-state index in [1.54, 1.807) is 24.3 Å². The summed E-state index contributed by atoms with van der Waals surface area (Å²) in [5.41, 5.74) is -0.527. The quantitative estimate of drug-likeness (QED) is 0.438. The van der Waals surface area contributed by atoms with E-state index in [9.17, 15) is 27.6 Å². The zero-order chi connectivity index (χ0) is 25.9. The number of pyridine rings is 2. The molecule has 1 unspecified atom stereocenters. The highest BCUT2D eigenvalue weighted by atomic mass is 19.4. The van der Waals surface area contributed by atoms with Crippen LogP contribution in [-0.2, 0) is 11.2 Å². The molecule has 1 aliphatic heterocycles. The minimum Gasteiger partial charge on any atom is -0.406 e. The van der Waals surface area contributed by atoms with Crippen molar-refractivity contribution in [3.8, 4) is 5.75 Å². The van der Waals surface area contributed by atoms with Crippen LogP contribution < -0.4 is 25.6 Å². The van der Waals surface area contributed by atoms with E-state index in [1.807, 2.05) is 0 Å². The first-order valence-corrected chi connectivity index (χ1v) is 10.5. The second-order valence-electron chi connectivity index (χ2n) is 7.95. The van der Waals surface area contributed by atoms with E-state index in [0.29, 0.717) is 17.1 Å². The molecule has 3 heterocycles. The van der Waals surface area contributed by atoms with Gasteiger partial charge in [-0.3, -0.25) is 15.1 Å². The first-order chi connectivity index (χ1) is 17.0. The molecule has 0 spiro atoms. The maximum Gasteiger partial charge on any atom is 0.573 e. The Kier molecular flexibility index (Phi) is 6.47. The maximum absolute atomic E-state index is 13.2. The van der Waals surface area contributed by atoms with Crippen LogP contribution in [0.15, 0.2) is 67.1 Å². The van der Waals surface area contributed by atoms with Crippen LogP contribution in [0.2, 0.25) is 0 Å². The molecule has 2 aromatic heterocycles. The molecule has 10 nitrogen and oxygen atoms in total. The maximum atomic E-state index is 13.2. The molecule has 1 aliphatic rings. The number of hydrogen-bond acceptors (Lipinski definition) is 6. The molecule has 36 heavy (non-hydrogen) atoms. The number of imide groups is 1. The first kappa shape index (κ1) is 24.4. The van der Waals surface area contributed by atoms with Crippen molar-refractivity contribution in [3.63, 3.8) is 0 Å². The summed E-state index contributed by atoms with van der Waals surface area (Å²) < 4.78 is 41.0. The van der Waals surface area contributed by atoms with Crippen LogP contribution in [0.25, 0.3) is 0 Å².